The summed E-state index contributed by atoms with van der Waals surface area (Å²) in [6, 6.07) is 9.04. The van der Waals surface area contributed by atoms with Crippen LogP contribution in [-0.4, -0.2) is 4.98 Å². The van der Waals surface area contributed by atoms with E-state index in [1.54, 1.807) is 18.2 Å². The first-order valence-corrected chi connectivity index (χ1v) is 7.05. The van der Waals surface area contributed by atoms with Crippen LogP contribution in [0.15, 0.2) is 36.4 Å². The van der Waals surface area contributed by atoms with E-state index in [0.29, 0.717) is 17.2 Å². The molecule has 1 N–H and O–H groups in total. The highest BCUT2D eigenvalue weighted by atomic mass is 35.5. The summed E-state index contributed by atoms with van der Waals surface area (Å²) in [4.78, 5) is 4.29. The normalized spacial score (nSPS) is 10.9. The van der Waals surface area contributed by atoms with E-state index in [1.807, 2.05) is 0 Å². The summed E-state index contributed by atoms with van der Waals surface area (Å²) in [7, 11) is 0. The maximum Gasteiger partial charge on any atom is 0.184 e. The van der Waals surface area contributed by atoms with Gasteiger partial charge in [-0.05, 0) is 29.8 Å². The van der Waals surface area contributed by atoms with E-state index < -0.39 is 5.82 Å². The molecule has 0 radical (unpaired) electrons. The van der Waals surface area contributed by atoms with Gasteiger partial charge in [0.15, 0.2) is 5.13 Å². The second-order valence-electron chi connectivity index (χ2n) is 4.23. The molecular formula is C14H9ClF2N2S. The first kappa shape index (κ1) is 13.3. The van der Waals surface area contributed by atoms with Crippen molar-refractivity contribution in [2.75, 3.05) is 5.32 Å². The minimum Gasteiger partial charge on any atom is -0.357 e. The zero-order valence-corrected chi connectivity index (χ0v) is 11.7. The van der Waals surface area contributed by atoms with Gasteiger partial charge >= 0.3 is 0 Å². The molecule has 0 saturated carbocycles. The monoisotopic (exact) mass is 310 g/mol. The molecule has 0 spiro atoms. The van der Waals surface area contributed by atoms with Gasteiger partial charge in [-0.3, -0.25) is 0 Å². The second-order valence-corrected chi connectivity index (χ2v) is 5.67. The van der Waals surface area contributed by atoms with Crippen LogP contribution in [-0.2, 0) is 6.54 Å². The highest BCUT2D eigenvalue weighted by molar-refractivity contribution is 7.22. The van der Waals surface area contributed by atoms with Gasteiger partial charge in [0.2, 0.25) is 0 Å². The summed E-state index contributed by atoms with van der Waals surface area (Å²) in [5.74, 6) is -0.745. The summed E-state index contributed by atoms with van der Waals surface area (Å²) in [5, 5.41) is 3.90. The predicted molar refractivity (Wildman–Crippen MR) is 78.3 cm³/mol. The third-order valence-corrected chi connectivity index (χ3v) is 4.06. The molecule has 0 bridgehead atoms. The molecule has 3 aromatic rings. The Morgan fingerprint density at radius 2 is 2.00 bits per heavy atom. The lowest BCUT2D eigenvalue weighted by molar-refractivity contribution is 0.627. The molecule has 0 unspecified atom stereocenters. The van der Waals surface area contributed by atoms with Crippen molar-refractivity contribution in [2.45, 2.75) is 6.54 Å². The van der Waals surface area contributed by atoms with Crippen molar-refractivity contribution in [3.05, 3.63) is 58.6 Å². The maximum atomic E-state index is 13.1. The van der Waals surface area contributed by atoms with Gasteiger partial charge in [0, 0.05) is 12.6 Å². The van der Waals surface area contributed by atoms with Crippen LogP contribution in [0.2, 0.25) is 5.02 Å². The van der Waals surface area contributed by atoms with Crippen LogP contribution < -0.4 is 5.32 Å². The molecule has 6 heteroatoms. The lowest BCUT2D eigenvalue weighted by atomic mass is 10.2. The zero-order valence-electron chi connectivity index (χ0n) is 10.2. The smallest absolute Gasteiger partial charge is 0.184 e. The Hall–Kier alpha value is -1.72. The number of hydrogen-bond acceptors (Lipinski definition) is 3. The standard InChI is InChI=1S/C14H9ClF2N2S/c15-10-5-8(1-3-11(10)17)7-18-14-19-12-6-9(16)2-4-13(12)20-14/h1-6H,7H2,(H,18,19). The van der Waals surface area contributed by atoms with Crippen LogP contribution in [0.4, 0.5) is 13.9 Å². The van der Waals surface area contributed by atoms with Crippen molar-refractivity contribution >= 4 is 38.3 Å². The fourth-order valence-electron chi connectivity index (χ4n) is 1.80. The quantitative estimate of drug-likeness (QED) is 0.748. The molecule has 2 nitrogen and oxygen atoms in total. The molecule has 0 aliphatic rings. The molecule has 0 amide bonds. The SMILES string of the molecule is Fc1ccc2sc(NCc3ccc(F)c(Cl)c3)nc2c1. The van der Waals surface area contributed by atoms with E-state index in [1.165, 1.54) is 29.5 Å². The molecule has 0 aliphatic carbocycles. The van der Waals surface area contributed by atoms with Crippen molar-refractivity contribution in [2.24, 2.45) is 0 Å². The highest BCUT2D eigenvalue weighted by Crippen LogP contribution is 2.27. The molecule has 0 atom stereocenters. The molecular weight excluding hydrogens is 302 g/mol. The molecule has 20 heavy (non-hydrogen) atoms. The average molecular weight is 311 g/mol. The lowest BCUT2D eigenvalue weighted by Gasteiger charge is -2.03. The van der Waals surface area contributed by atoms with Gasteiger partial charge in [0.05, 0.1) is 15.2 Å². The van der Waals surface area contributed by atoms with Gasteiger partial charge in [-0.1, -0.05) is 29.0 Å². The summed E-state index contributed by atoms with van der Waals surface area (Å²) in [6.07, 6.45) is 0. The van der Waals surface area contributed by atoms with Crippen LogP contribution in [0.1, 0.15) is 5.56 Å². The highest BCUT2D eigenvalue weighted by Gasteiger charge is 2.05. The lowest BCUT2D eigenvalue weighted by Crippen LogP contribution is -1.99. The van der Waals surface area contributed by atoms with Gasteiger partial charge in [-0.15, -0.1) is 0 Å². The number of nitrogens with one attached hydrogen (secondary N) is 1. The number of fused-ring (bicyclic) bond motifs is 1. The van der Waals surface area contributed by atoms with E-state index in [2.05, 4.69) is 10.3 Å². The van der Waals surface area contributed by atoms with Crippen molar-refractivity contribution in [1.29, 1.82) is 0 Å². The Morgan fingerprint density at radius 3 is 2.80 bits per heavy atom. The minimum atomic E-state index is -0.439. The topological polar surface area (TPSA) is 24.9 Å². The summed E-state index contributed by atoms with van der Waals surface area (Å²) in [6.45, 7) is 0.475. The van der Waals surface area contributed by atoms with Crippen molar-refractivity contribution < 1.29 is 8.78 Å². The number of hydrogen-bond donors (Lipinski definition) is 1. The molecule has 1 heterocycles. The van der Waals surface area contributed by atoms with Gasteiger partial charge < -0.3 is 5.32 Å². The zero-order chi connectivity index (χ0) is 14.1. The molecule has 0 saturated heterocycles. The second kappa shape index (κ2) is 5.34. The summed E-state index contributed by atoms with van der Waals surface area (Å²) < 4.78 is 27.0. The molecule has 3 rings (SSSR count). The number of benzene rings is 2. The first-order valence-electron chi connectivity index (χ1n) is 5.86. The van der Waals surface area contributed by atoms with E-state index in [9.17, 15) is 8.78 Å². The Morgan fingerprint density at radius 1 is 1.15 bits per heavy atom. The maximum absolute atomic E-state index is 13.1. The Kier molecular flexibility index (Phi) is 3.54. The Bertz CT molecular complexity index is 773. The van der Waals surface area contributed by atoms with Crippen molar-refractivity contribution in [1.82, 2.24) is 4.98 Å². The predicted octanol–water partition coefficient (Wildman–Crippen LogP) is 4.84. The summed E-state index contributed by atoms with van der Waals surface area (Å²) in [5.41, 5.74) is 1.47. The molecule has 0 fully saturated rings. The van der Waals surface area contributed by atoms with E-state index in [0.717, 1.165) is 10.3 Å². The van der Waals surface area contributed by atoms with Crippen LogP contribution in [0, 0.1) is 11.6 Å². The van der Waals surface area contributed by atoms with Crippen LogP contribution >= 0.6 is 22.9 Å². The fourth-order valence-corrected chi connectivity index (χ4v) is 2.85. The first-order chi connectivity index (χ1) is 9.61. The van der Waals surface area contributed by atoms with Crippen LogP contribution in [0.25, 0.3) is 10.2 Å². The third kappa shape index (κ3) is 2.73. The largest absolute Gasteiger partial charge is 0.357 e. The van der Waals surface area contributed by atoms with Crippen LogP contribution in [0.3, 0.4) is 0 Å². The number of nitrogens with zero attached hydrogens (tertiary/aromatic N) is 1. The van der Waals surface area contributed by atoms with E-state index in [-0.39, 0.29) is 10.8 Å². The molecule has 102 valence electrons. The van der Waals surface area contributed by atoms with E-state index >= 15 is 0 Å². The average Bonchev–Trinajstić information content (AvgIpc) is 2.82. The molecule has 0 aliphatic heterocycles. The van der Waals surface area contributed by atoms with Gasteiger partial charge in [-0.2, -0.15) is 0 Å². The van der Waals surface area contributed by atoms with Crippen LogP contribution in [0.5, 0.6) is 0 Å². The van der Waals surface area contributed by atoms with Gasteiger partial charge in [0.25, 0.3) is 0 Å². The summed E-state index contributed by atoms with van der Waals surface area (Å²) >= 11 is 7.16. The minimum absolute atomic E-state index is 0.0932. The molecule has 1 aromatic heterocycles. The third-order valence-electron chi connectivity index (χ3n) is 2.78. The number of thiazole rings is 1. The number of aromatic nitrogens is 1. The van der Waals surface area contributed by atoms with Gasteiger partial charge in [0.1, 0.15) is 11.6 Å². The number of halogens is 3. The van der Waals surface area contributed by atoms with Crippen molar-refractivity contribution in [3.63, 3.8) is 0 Å². The fraction of sp³-hybridized carbons (Fsp3) is 0.0714. The van der Waals surface area contributed by atoms with E-state index in [4.69, 9.17) is 11.6 Å². The number of anilines is 1. The van der Waals surface area contributed by atoms with Gasteiger partial charge in [-0.25, -0.2) is 13.8 Å². The Labute approximate surface area is 123 Å². The van der Waals surface area contributed by atoms with Crippen molar-refractivity contribution in [3.8, 4) is 0 Å². The number of rotatable bonds is 3. The Balaban J connectivity index is 1.77. The molecule has 2 aromatic carbocycles.